The average molecular weight is 316 g/mol. The lowest BCUT2D eigenvalue weighted by Gasteiger charge is -2.19. The van der Waals surface area contributed by atoms with Crippen molar-refractivity contribution in [1.29, 1.82) is 0 Å². The Hall–Kier alpha value is -1.95. The summed E-state index contributed by atoms with van der Waals surface area (Å²) in [6, 6.07) is 2.04. The number of hydrogen-bond donors (Lipinski definition) is 1. The van der Waals surface area contributed by atoms with Crippen molar-refractivity contribution in [3.8, 4) is 0 Å². The third kappa shape index (κ3) is 3.27. The van der Waals surface area contributed by atoms with Crippen LogP contribution in [0.4, 0.5) is 0 Å². The highest BCUT2D eigenvalue weighted by atomic mass is 32.1. The number of amides is 1. The van der Waals surface area contributed by atoms with E-state index in [1.165, 1.54) is 23.3 Å². The predicted molar refractivity (Wildman–Crippen MR) is 88.4 cm³/mol. The zero-order chi connectivity index (χ0) is 15.5. The fourth-order valence-electron chi connectivity index (χ4n) is 2.79. The maximum atomic E-state index is 12.2. The molecule has 0 saturated heterocycles. The number of thiophene rings is 1. The Labute approximate surface area is 134 Å². The Morgan fingerprint density at radius 1 is 1.64 bits per heavy atom. The van der Waals surface area contributed by atoms with E-state index in [-0.39, 0.29) is 5.91 Å². The highest BCUT2D eigenvalue weighted by Gasteiger charge is 2.21. The van der Waals surface area contributed by atoms with Crippen LogP contribution >= 0.6 is 11.3 Å². The van der Waals surface area contributed by atoms with Crippen molar-refractivity contribution < 1.29 is 4.79 Å². The third-order valence-electron chi connectivity index (χ3n) is 4.09. The van der Waals surface area contributed by atoms with Crippen LogP contribution in [0.5, 0.6) is 0 Å². The minimum absolute atomic E-state index is 0.132. The van der Waals surface area contributed by atoms with E-state index in [0.717, 1.165) is 29.2 Å². The fraction of sp³-hybridized carbons (Fsp3) is 0.438. The maximum absolute atomic E-state index is 12.2. The number of carbonyl (C=O) groups is 1. The smallest absolute Gasteiger partial charge is 0.275 e. The summed E-state index contributed by atoms with van der Waals surface area (Å²) in [7, 11) is 1.84. The van der Waals surface area contributed by atoms with Crippen molar-refractivity contribution >= 4 is 23.5 Å². The molecule has 2 aromatic rings. The molecule has 1 unspecified atom stereocenters. The number of nitrogens with zero attached hydrogens (tertiary/aromatic N) is 3. The van der Waals surface area contributed by atoms with Gasteiger partial charge in [-0.25, -0.2) is 5.43 Å². The van der Waals surface area contributed by atoms with Gasteiger partial charge in [-0.05, 0) is 36.8 Å². The van der Waals surface area contributed by atoms with Gasteiger partial charge in [-0.15, -0.1) is 11.3 Å². The minimum atomic E-state index is -0.132. The van der Waals surface area contributed by atoms with Gasteiger partial charge >= 0.3 is 0 Å². The molecule has 0 aliphatic heterocycles. The first kappa shape index (κ1) is 15.0. The maximum Gasteiger partial charge on any atom is 0.281 e. The molecular formula is C16H20N4OS. The lowest BCUT2D eigenvalue weighted by molar-refractivity contribution is 0.0959. The van der Waals surface area contributed by atoms with Crippen molar-refractivity contribution in [2.75, 3.05) is 0 Å². The van der Waals surface area contributed by atoms with Crippen molar-refractivity contribution in [2.24, 2.45) is 18.1 Å². The molecule has 0 fully saturated rings. The van der Waals surface area contributed by atoms with E-state index in [9.17, 15) is 4.79 Å². The van der Waals surface area contributed by atoms with Gasteiger partial charge in [0.05, 0.1) is 17.3 Å². The number of carbonyl (C=O) groups excluding carboxylic acids is 1. The van der Waals surface area contributed by atoms with E-state index in [1.54, 1.807) is 28.4 Å². The average Bonchev–Trinajstić information content (AvgIpc) is 3.12. The van der Waals surface area contributed by atoms with E-state index in [0.29, 0.717) is 0 Å². The van der Waals surface area contributed by atoms with Gasteiger partial charge in [-0.2, -0.15) is 10.2 Å². The monoisotopic (exact) mass is 316 g/mol. The van der Waals surface area contributed by atoms with Crippen molar-refractivity contribution in [3.05, 3.63) is 39.3 Å². The summed E-state index contributed by atoms with van der Waals surface area (Å²) in [6.07, 6.45) is 9.80. The summed E-state index contributed by atoms with van der Waals surface area (Å²) in [5.74, 6) is 0.634. The Balaban J connectivity index is 1.63. The standard InChI is InChI=1S/C16H20N4OS/c1-3-11-4-5-14-13(6-11)7-15(22-14)16(21)19-17-8-12-9-18-20(2)10-12/h7-11H,3-6H2,1-2H3,(H,19,21)/b17-8+. The van der Waals surface area contributed by atoms with E-state index >= 15 is 0 Å². The molecule has 1 aliphatic carbocycles. The Bertz CT molecular complexity index is 701. The summed E-state index contributed by atoms with van der Waals surface area (Å²) >= 11 is 1.60. The van der Waals surface area contributed by atoms with E-state index in [2.05, 4.69) is 22.5 Å². The molecule has 0 saturated carbocycles. The second-order valence-electron chi connectivity index (χ2n) is 5.72. The Kier molecular flexibility index (Phi) is 4.38. The first-order valence-electron chi connectivity index (χ1n) is 7.59. The van der Waals surface area contributed by atoms with Crippen molar-refractivity contribution in [3.63, 3.8) is 0 Å². The first-order valence-corrected chi connectivity index (χ1v) is 8.41. The van der Waals surface area contributed by atoms with Gasteiger partial charge in [0.25, 0.3) is 5.91 Å². The molecule has 1 N–H and O–H groups in total. The molecule has 0 spiro atoms. The largest absolute Gasteiger partial charge is 0.281 e. The summed E-state index contributed by atoms with van der Waals surface area (Å²) < 4.78 is 1.70. The van der Waals surface area contributed by atoms with E-state index in [4.69, 9.17) is 0 Å². The molecule has 1 atom stereocenters. The van der Waals surface area contributed by atoms with Gasteiger partial charge in [0.1, 0.15) is 0 Å². The molecule has 5 nitrogen and oxygen atoms in total. The van der Waals surface area contributed by atoms with Crippen LogP contribution < -0.4 is 5.43 Å². The molecule has 2 heterocycles. The topological polar surface area (TPSA) is 59.3 Å². The fourth-order valence-corrected chi connectivity index (χ4v) is 3.89. The molecule has 6 heteroatoms. The van der Waals surface area contributed by atoms with Crippen LogP contribution in [-0.2, 0) is 19.9 Å². The molecule has 116 valence electrons. The number of hydrogen-bond acceptors (Lipinski definition) is 4. The number of fused-ring (bicyclic) bond motifs is 1. The Morgan fingerprint density at radius 3 is 3.23 bits per heavy atom. The number of nitrogens with one attached hydrogen (secondary N) is 1. The van der Waals surface area contributed by atoms with Gasteiger partial charge in [0.2, 0.25) is 0 Å². The minimum Gasteiger partial charge on any atom is -0.275 e. The first-order chi connectivity index (χ1) is 10.7. The Morgan fingerprint density at radius 2 is 2.50 bits per heavy atom. The number of rotatable bonds is 4. The lowest BCUT2D eigenvalue weighted by Crippen LogP contribution is -2.16. The van der Waals surface area contributed by atoms with Crippen LogP contribution in [0.1, 0.15) is 45.4 Å². The SMILES string of the molecule is CCC1CCc2sc(C(=O)N/N=C/c3cnn(C)c3)cc2C1. The molecule has 1 amide bonds. The number of hydrazone groups is 1. The second kappa shape index (κ2) is 6.44. The molecule has 0 radical (unpaired) electrons. The zero-order valence-electron chi connectivity index (χ0n) is 12.9. The van der Waals surface area contributed by atoms with Crippen LogP contribution in [-0.4, -0.2) is 21.9 Å². The van der Waals surface area contributed by atoms with Crippen LogP contribution in [0.15, 0.2) is 23.6 Å². The molecule has 0 bridgehead atoms. The van der Waals surface area contributed by atoms with Gasteiger partial charge in [0, 0.05) is 23.7 Å². The summed E-state index contributed by atoms with van der Waals surface area (Å²) in [5, 5.41) is 8.04. The molecule has 0 aromatic carbocycles. The zero-order valence-corrected chi connectivity index (χ0v) is 13.7. The van der Waals surface area contributed by atoms with Gasteiger partial charge in [-0.3, -0.25) is 9.48 Å². The second-order valence-corrected chi connectivity index (χ2v) is 6.86. The molecule has 3 rings (SSSR count). The van der Waals surface area contributed by atoms with Crippen LogP contribution in [0.3, 0.4) is 0 Å². The third-order valence-corrected chi connectivity index (χ3v) is 5.33. The molecule has 1 aliphatic rings. The van der Waals surface area contributed by atoms with E-state index in [1.807, 2.05) is 19.3 Å². The van der Waals surface area contributed by atoms with Gasteiger partial charge in [-0.1, -0.05) is 13.3 Å². The summed E-state index contributed by atoms with van der Waals surface area (Å²) in [5.41, 5.74) is 4.81. The quantitative estimate of drug-likeness (QED) is 0.696. The van der Waals surface area contributed by atoms with Crippen LogP contribution in [0.25, 0.3) is 0 Å². The predicted octanol–water partition coefficient (Wildman–Crippen LogP) is 2.76. The van der Waals surface area contributed by atoms with Gasteiger partial charge < -0.3 is 0 Å². The van der Waals surface area contributed by atoms with Gasteiger partial charge in [0.15, 0.2) is 0 Å². The molecule has 22 heavy (non-hydrogen) atoms. The highest BCUT2D eigenvalue weighted by molar-refractivity contribution is 7.14. The van der Waals surface area contributed by atoms with Crippen LogP contribution in [0, 0.1) is 5.92 Å². The number of aromatic nitrogens is 2. The normalized spacial score (nSPS) is 17.6. The van der Waals surface area contributed by atoms with Crippen molar-refractivity contribution in [2.45, 2.75) is 32.6 Å². The van der Waals surface area contributed by atoms with E-state index < -0.39 is 0 Å². The lowest BCUT2D eigenvalue weighted by atomic mass is 9.87. The van der Waals surface area contributed by atoms with Crippen molar-refractivity contribution in [1.82, 2.24) is 15.2 Å². The highest BCUT2D eigenvalue weighted by Crippen LogP contribution is 2.33. The van der Waals surface area contributed by atoms with Crippen LogP contribution in [0.2, 0.25) is 0 Å². The molecular weight excluding hydrogens is 296 g/mol. The number of aryl methyl sites for hydroxylation is 2. The summed E-state index contributed by atoms with van der Waals surface area (Å²) in [6.45, 7) is 2.24. The molecule has 2 aromatic heterocycles. The summed E-state index contributed by atoms with van der Waals surface area (Å²) in [4.78, 5) is 14.3.